The quantitative estimate of drug-likeness (QED) is 0.578. The third kappa shape index (κ3) is 4.49. The lowest BCUT2D eigenvalue weighted by Crippen LogP contribution is -2.55. The summed E-state index contributed by atoms with van der Waals surface area (Å²) in [7, 11) is 0. The molecule has 0 radical (unpaired) electrons. The Kier molecular flexibility index (Phi) is 5.32. The number of rotatable bonds is 6. The van der Waals surface area contributed by atoms with Crippen LogP contribution < -0.4 is 4.74 Å². The van der Waals surface area contributed by atoms with Crippen molar-refractivity contribution in [2.75, 3.05) is 13.2 Å². The van der Waals surface area contributed by atoms with Crippen LogP contribution in [0.25, 0.3) is 0 Å². The van der Waals surface area contributed by atoms with E-state index in [0.717, 1.165) is 0 Å². The van der Waals surface area contributed by atoms with E-state index >= 15 is 0 Å². The molecule has 1 fully saturated rings. The second kappa shape index (κ2) is 9.22. The topological polar surface area (TPSA) is 99.4 Å². The van der Waals surface area contributed by atoms with E-state index in [9.17, 15) is 20.4 Å². The number of hydrogen-bond acceptors (Lipinski definition) is 6. The van der Waals surface area contributed by atoms with Gasteiger partial charge in [-0.05, 0) is 48.2 Å². The van der Waals surface area contributed by atoms with E-state index in [1.807, 2.05) is 0 Å². The fraction of sp³-hybridized carbons (Fsp3) is 0.429. The maximum Gasteiger partial charge on any atom is 0.119 e. The van der Waals surface area contributed by atoms with Gasteiger partial charge in [0, 0.05) is 9.13 Å². The maximum absolute atomic E-state index is 10.5. The van der Waals surface area contributed by atoms with Crippen molar-refractivity contribution in [1.82, 2.24) is 0 Å². The van der Waals surface area contributed by atoms with Crippen molar-refractivity contribution in [3.63, 3.8) is 0 Å². The lowest BCUT2D eigenvalue weighted by Gasteiger charge is -2.40. The minimum absolute atomic E-state index is 0.0000726. The van der Waals surface area contributed by atoms with Gasteiger partial charge < -0.3 is 29.9 Å². The molecule has 2 aromatic carbocycles. The van der Waals surface area contributed by atoms with Gasteiger partial charge in [-0.1, -0.05) is 35.9 Å². The molecule has 1 aliphatic rings. The van der Waals surface area contributed by atoms with Crippen molar-refractivity contribution in [2.24, 2.45) is 0 Å². The Bertz CT molecular complexity index is 929. The normalized spacial score (nSPS) is 32.8. The molecule has 0 amide bonds. The maximum atomic E-state index is 10.5. The molecule has 1 aliphatic heterocycles. The standard InChI is InChI=1S/C21H25ClO6/c1-2-27-15-6-3-12(4-7-15)9-14-10-13(5-8-16(14)22)21-20(26)19(25)18(24)17(11-23)28-21/h3-8,10,17-21,23-26H,2,9,11H2,1H3/t17-,18-,19+,20-,21+/m1/s1/i1D,9D2,21D. The van der Waals surface area contributed by atoms with Gasteiger partial charge in [-0.25, -0.2) is 0 Å². The van der Waals surface area contributed by atoms with Crippen molar-refractivity contribution in [2.45, 2.75) is 43.8 Å². The third-order valence-electron chi connectivity index (χ3n) is 4.43. The Morgan fingerprint density at radius 3 is 2.57 bits per heavy atom. The van der Waals surface area contributed by atoms with Crippen LogP contribution in [0.15, 0.2) is 42.5 Å². The summed E-state index contributed by atoms with van der Waals surface area (Å²) in [6.07, 6.45) is -10.9. The van der Waals surface area contributed by atoms with E-state index in [4.69, 9.17) is 26.6 Å². The van der Waals surface area contributed by atoms with E-state index in [0.29, 0.717) is 5.75 Å². The highest BCUT2D eigenvalue weighted by molar-refractivity contribution is 6.31. The lowest BCUT2D eigenvalue weighted by atomic mass is 9.90. The van der Waals surface area contributed by atoms with E-state index in [1.54, 1.807) is 12.1 Å². The minimum Gasteiger partial charge on any atom is -0.494 e. The first-order valence-corrected chi connectivity index (χ1v) is 9.10. The molecule has 28 heavy (non-hydrogen) atoms. The van der Waals surface area contributed by atoms with Crippen LogP contribution in [0.2, 0.25) is 5.02 Å². The summed E-state index contributed by atoms with van der Waals surface area (Å²) in [6, 6.07) is 10.2. The van der Waals surface area contributed by atoms with Crippen molar-refractivity contribution in [3.05, 3.63) is 64.2 Å². The zero-order valence-corrected chi connectivity index (χ0v) is 15.7. The largest absolute Gasteiger partial charge is 0.494 e. The van der Waals surface area contributed by atoms with Gasteiger partial charge in [-0.2, -0.15) is 0 Å². The molecule has 152 valence electrons. The number of aliphatic hydroxyl groups is 4. The summed E-state index contributed by atoms with van der Waals surface area (Å²) in [5, 5.41) is 40.1. The molecule has 0 unspecified atom stereocenters. The molecule has 7 heteroatoms. The zero-order valence-electron chi connectivity index (χ0n) is 19.0. The molecule has 1 saturated heterocycles. The van der Waals surface area contributed by atoms with Gasteiger partial charge >= 0.3 is 0 Å². The molecule has 0 bridgehead atoms. The van der Waals surface area contributed by atoms with Gasteiger partial charge in [0.2, 0.25) is 0 Å². The van der Waals surface area contributed by atoms with Crippen LogP contribution in [0.5, 0.6) is 5.75 Å². The van der Waals surface area contributed by atoms with E-state index in [1.165, 1.54) is 30.3 Å². The van der Waals surface area contributed by atoms with Gasteiger partial charge in [0.15, 0.2) is 0 Å². The molecule has 2 aromatic rings. The number of aliphatic hydroxyl groups excluding tert-OH is 4. The average Bonchev–Trinajstić information content (AvgIpc) is 2.79. The van der Waals surface area contributed by atoms with Crippen LogP contribution in [0.4, 0.5) is 0 Å². The highest BCUT2D eigenvalue weighted by Gasteiger charge is 2.43. The summed E-state index contributed by atoms with van der Waals surface area (Å²) in [6.45, 7) is -0.387. The molecule has 5 atom stereocenters. The molecule has 3 rings (SSSR count). The van der Waals surface area contributed by atoms with Crippen molar-refractivity contribution < 1.29 is 35.4 Å². The Morgan fingerprint density at radius 1 is 1.14 bits per heavy atom. The molecule has 0 aromatic heterocycles. The van der Waals surface area contributed by atoms with Gasteiger partial charge in [-0.15, -0.1) is 0 Å². The third-order valence-corrected chi connectivity index (χ3v) is 4.76. The first kappa shape index (κ1) is 16.2. The number of hydrogen-bond donors (Lipinski definition) is 4. The second-order valence-electron chi connectivity index (χ2n) is 6.32. The molecular weight excluding hydrogens is 384 g/mol. The number of halogens is 1. The first-order chi connectivity index (χ1) is 15.1. The van der Waals surface area contributed by atoms with E-state index < -0.39 is 43.5 Å². The monoisotopic (exact) mass is 412 g/mol. The molecule has 1 heterocycles. The summed E-state index contributed by atoms with van der Waals surface area (Å²) in [5.74, 6) is 0.489. The summed E-state index contributed by atoms with van der Waals surface area (Å²) in [4.78, 5) is 0. The van der Waals surface area contributed by atoms with Gasteiger partial charge in [-0.3, -0.25) is 0 Å². The Labute approximate surface area is 174 Å². The van der Waals surface area contributed by atoms with E-state index in [2.05, 4.69) is 0 Å². The predicted molar refractivity (Wildman–Crippen MR) is 105 cm³/mol. The molecular formula is C21H25ClO6. The fourth-order valence-electron chi connectivity index (χ4n) is 2.93. The number of benzene rings is 2. The van der Waals surface area contributed by atoms with Crippen LogP contribution in [0.1, 0.15) is 35.2 Å². The SMILES string of the molecule is [2H]CCOc1ccc(C([2H])([2H])c2cc([C@]3([2H])O[C@H](CO)[C@@H](O)[C@H](O)[C@H]3O)ccc2Cl)cc1. The van der Waals surface area contributed by atoms with Crippen molar-refractivity contribution in [3.8, 4) is 5.75 Å². The second-order valence-corrected chi connectivity index (χ2v) is 6.73. The zero-order chi connectivity index (χ0) is 23.7. The smallest absolute Gasteiger partial charge is 0.119 e. The van der Waals surface area contributed by atoms with Crippen molar-refractivity contribution >= 4 is 11.6 Å². The summed E-state index contributed by atoms with van der Waals surface area (Å²) in [5.41, 5.74) is 0.246. The molecule has 0 spiro atoms. The van der Waals surface area contributed by atoms with E-state index in [-0.39, 0.29) is 35.2 Å². The van der Waals surface area contributed by atoms with Crippen LogP contribution in [0, 0.1) is 0 Å². The average molecular weight is 413 g/mol. The minimum atomic E-state index is -2.28. The summed E-state index contributed by atoms with van der Waals surface area (Å²) < 4.78 is 43.8. The van der Waals surface area contributed by atoms with Gasteiger partial charge in [0.1, 0.15) is 36.2 Å². The molecule has 0 aliphatic carbocycles. The number of ether oxygens (including phenoxy) is 2. The van der Waals surface area contributed by atoms with Crippen LogP contribution in [-0.4, -0.2) is 58.1 Å². The molecule has 0 saturated carbocycles. The fourth-order valence-corrected chi connectivity index (χ4v) is 3.10. The lowest BCUT2D eigenvalue weighted by molar-refractivity contribution is -0.231. The Balaban J connectivity index is 1.99. The molecule has 6 nitrogen and oxygen atoms in total. The Morgan fingerprint density at radius 2 is 1.89 bits per heavy atom. The highest BCUT2D eigenvalue weighted by atomic mass is 35.5. The Hall–Kier alpha value is -1.67. The molecule has 4 N–H and O–H groups in total. The van der Waals surface area contributed by atoms with Crippen LogP contribution in [0.3, 0.4) is 0 Å². The summed E-state index contributed by atoms with van der Waals surface area (Å²) >= 11 is 6.28. The first-order valence-electron chi connectivity index (χ1n) is 10.9. The van der Waals surface area contributed by atoms with Crippen LogP contribution >= 0.6 is 11.6 Å². The van der Waals surface area contributed by atoms with Crippen molar-refractivity contribution in [1.29, 1.82) is 0 Å². The predicted octanol–water partition coefficient (Wildman–Crippen LogP) is 1.84. The highest BCUT2D eigenvalue weighted by Crippen LogP contribution is 2.34. The van der Waals surface area contributed by atoms with Crippen LogP contribution in [-0.2, 0) is 11.1 Å². The van der Waals surface area contributed by atoms with Gasteiger partial charge in [0.05, 0.1) is 14.6 Å². The van der Waals surface area contributed by atoms with Gasteiger partial charge in [0.25, 0.3) is 0 Å².